The van der Waals surface area contributed by atoms with Gasteiger partial charge in [-0.2, -0.15) is 5.10 Å². The highest BCUT2D eigenvalue weighted by atomic mass is 32.2. The summed E-state index contributed by atoms with van der Waals surface area (Å²) >= 11 is 0. The fourth-order valence-corrected chi connectivity index (χ4v) is 5.50. The second-order valence-corrected chi connectivity index (χ2v) is 9.38. The molecule has 2 aromatic rings. The first-order valence-corrected chi connectivity index (χ1v) is 11.1. The van der Waals surface area contributed by atoms with Crippen LogP contribution in [0.15, 0.2) is 42.7 Å². The Labute approximate surface area is 158 Å². The zero-order chi connectivity index (χ0) is 18.9. The maximum absolute atomic E-state index is 13.2. The van der Waals surface area contributed by atoms with Gasteiger partial charge in [-0.1, -0.05) is 0 Å². The standard InChI is InChI=1S/C19H23N3O4S/c23-19(15-4-6-16(7-5-15)22-10-2-9-20-22)21(13-18-3-1-11-26-18)17-8-12-27(24,25)14-17/h2,4-7,9-10,17-18H,1,3,8,11-14H2. The molecule has 4 rings (SSSR count). The maximum atomic E-state index is 13.2. The zero-order valence-electron chi connectivity index (χ0n) is 15.0. The smallest absolute Gasteiger partial charge is 0.254 e. The third-order valence-electron chi connectivity index (χ3n) is 5.22. The van der Waals surface area contributed by atoms with Gasteiger partial charge in [-0.05, 0) is 49.6 Å². The van der Waals surface area contributed by atoms with Crippen LogP contribution in [0.1, 0.15) is 29.6 Å². The van der Waals surface area contributed by atoms with Gasteiger partial charge < -0.3 is 9.64 Å². The van der Waals surface area contributed by atoms with E-state index < -0.39 is 9.84 Å². The van der Waals surface area contributed by atoms with Crippen LogP contribution >= 0.6 is 0 Å². The Balaban J connectivity index is 1.55. The molecule has 2 unspecified atom stereocenters. The molecule has 0 N–H and O–H groups in total. The van der Waals surface area contributed by atoms with Crippen molar-refractivity contribution in [1.29, 1.82) is 0 Å². The van der Waals surface area contributed by atoms with Crippen LogP contribution in [0.4, 0.5) is 0 Å². The van der Waals surface area contributed by atoms with E-state index in [4.69, 9.17) is 4.74 Å². The Morgan fingerprint density at radius 1 is 1.26 bits per heavy atom. The molecule has 1 aromatic heterocycles. The van der Waals surface area contributed by atoms with Gasteiger partial charge in [0, 0.05) is 37.2 Å². The molecule has 0 radical (unpaired) electrons. The topological polar surface area (TPSA) is 81.5 Å². The molecule has 8 heteroatoms. The quantitative estimate of drug-likeness (QED) is 0.777. The number of carbonyl (C=O) groups excluding carboxylic acids is 1. The first kappa shape index (κ1) is 18.2. The second-order valence-electron chi connectivity index (χ2n) is 7.15. The van der Waals surface area contributed by atoms with Crippen LogP contribution < -0.4 is 0 Å². The van der Waals surface area contributed by atoms with Gasteiger partial charge in [0.05, 0.1) is 23.3 Å². The van der Waals surface area contributed by atoms with Crippen LogP contribution in [-0.2, 0) is 14.6 Å². The first-order valence-electron chi connectivity index (χ1n) is 9.25. The van der Waals surface area contributed by atoms with Crippen LogP contribution in [0.2, 0.25) is 0 Å². The molecular weight excluding hydrogens is 366 g/mol. The molecular formula is C19H23N3O4S. The second kappa shape index (κ2) is 7.44. The molecule has 2 atom stereocenters. The van der Waals surface area contributed by atoms with E-state index in [0.29, 0.717) is 25.1 Å². The van der Waals surface area contributed by atoms with Gasteiger partial charge in [-0.3, -0.25) is 4.79 Å². The van der Waals surface area contributed by atoms with Gasteiger partial charge in [0.15, 0.2) is 9.84 Å². The number of hydrogen-bond acceptors (Lipinski definition) is 5. The summed E-state index contributed by atoms with van der Waals surface area (Å²) in [6.45, 7) is 1.15. The Morgan fingerprint density at radius 2 is 2.07 bits per heavy atom. The summed E-state index contributed by atoms with van der Waals surface area (Å²) in [5, 5.41) is 4.18. The van der Waals surface area contributed by atoms with E-state index in [-0.39, 0.29) is 29.6 Å². The van der Waals surface area contributed by atoms with E-state index >= 15 is 0 Å². The SMILES string of the molecule is O=C(c1ccc(-n2cccn2)cc1)N(CC1CCCO1)C1CCS(=O)(=O)C1. The average Bonchev–Trinajstić information content (AvgIpc) is 3.41. The Morgan fingerprint density at radius 3 is 2.67 bits per heavy atom. The molecule has 7 nitrogen and oxygen atoms in total. The highest BCUT2D eigenvalue weighted by molar-refractivity contribution is 7.91. The first-order chi connectivity index (χ1) is 13.0. The van der Waals surface area contributed by atoms with Crippen molar-refractivity contribution in [3.05, 3.63) is 48.3 Å². The molecule has 2 aliphatic rings. The largest absolute Gasteiger partial charge is 0.376 e. The summed E-state index contributed by atoms with van der Waals surface area (Å²) in [4.78, 5) is 14.9. The summed E-state index contributed by atoms with van der Waals surface area (Å²) in [5.74, 6) is 0.0433. The van der Waals surface area contributed by atoms with Crippen molar-refractivity contribution in [3.63, 3.8) is 0 Å². The highest BCUT2D eigenvalue weighted by Gasteiger charge is 2.36. The third kappa shape index (κ3) is 4.06. The molecule has 3 heterocycles. The van der Waals surface area contributed by atoms with E-state index in [2.05, 4.69) is 5.10 Å². The number of nitrogens with zero attached hydrogens (tertiary/aromatic N) is 3. The number of hydrogen-bond donors (Lipinski definition) is 0. The summed E-state index contributed by atoms with van der Waals surface area (Å²) in [6.07, 6.45) is 5.90. The molecule has 0 bridgehead atoms. The Bertz CT molecular complexity index is 888. The summed E-state index contributed by atoms with van der Waals surface area (Å²) in [6, 6.07) is 8.78. The van der Waals surface area contributed by atoms with Crippen molar-refractivity contribution in [2.45, 2.75) is 31.4 Å². The molecule has 144 valence electrons. The molecule has 2 fully saturated rings. The number of carbonyl (C=O) groups is 1. The molecule has 0 saturated carbocycles. The minimum Gasteiger partial charge on any atom is -0.376 e. The van der Waals surface area contributed by atoms with Crippen LogP contribution in [0.3, 0.4) is 0 Å². The van der Waals surface area contributed by atoms with Crippen molar-refractivity contribution in [2.24, 2.45) is 0 Å². The number of ether oxygens (including phenoxy) is 1. The molecule has 2 saturated heterocycles. The van der Waals surface area contributed by atoms with E-state index in [1.54, 1.807) is 27.9 Å². The molecule has 0 aliphatic carbocycles. The monoisotopic (exact) mass is 389 g/mol. The van der Waals surface area contributed by atoms with E-state index in [0.717, 1.165) is 18.5 Å². The van der Waals surface area contributed by atoms with Gasteiger partial charge in [-0.25, -0.2) is 13.1 Å². The van der Waals surface area contributed by atoms with Crippen LogP contribution in [0.25, 0.3) is 5.69 Å². The lowest BCUT2D eigenvalue weighted by atomic mass is 10.1. The van der Waals surface area contributed by atoms with Crippen molar-refractivity contribution >= 4 is 15.7 Å². The molecule has 1 amide bonds. The molecule has 2 aliphatic heterocycles. The zero-order valence-corrected chi connectivity index (χ0v) is 15.8. The third-order valence-corrected chi connectivity index (χ3v) is 6.97. The number of amides is 1. The number of benzene rings is 1. The van der Waals surface area contributed by atoms with Crippen molar-refractivity contribution in [2.75, 3.05) is 24.7 Å². The van der Waals surface area contributed by atoms with Gasteiger partial charge in [0.2, 0.25) is 0 Å². The maximum Gasteiger partial charge on any atom is 0.254 e. The van der Waals surface area contributed by atoms with Gasteiger partial charge in [0.1, 0.15) is 0 Å². The minimum atomic E-state index is -3.07. The van der Waals surface area contributed by atoms with Gasteiger partial charge in [-0.15, -0.1) is 0 Å². The predicted molar refractivity (Wildman–Crippen MR) is 101 cm³/mol. The van der Waals surface area contributed by atoms with Crippen LogP contribution in [0, 0.1) is 0 Å². The van der Waals surface area contributed by atoms with Gasteiger partial charge >= 0.3 is 0 Å². The molecule has 1 aromatic carbocycles. The average molecular weight is 389 g/mol. The fourth-order valence-electron chi connectivity index (χ4n) is 3.77. The fraction of sp³-hybridized carbons (Fsp3) is 0.474. The summed E-state index contributed by atoms with van der Waals surface area (Å²) < 4.78 is 31.3. The molecule has 27 heavy (non-hydrogen) atoms. The van der Waals surface area contributed by atoms with Crippen molar-refractivity contribution in [1.82, 2.24) is 14.7 Å². The number of sulfone groups is 1. The van der Waals surface area contributed by atoms with Crippen molar-refractivity contribution in [3.8, 4) is 5.69 Å². The van der Waals surface area contributed by atoms with E-state index in [1.807, 2.05) is 24.4 Å². The van der Waals surface area contributed by atoms with Gasteiger partial charge in [0.25, 0.3) is 5.91 Å². The minimum absolute atomic E-state index is 0.0133. The molecule has 0 spiro atoms. The number of aromatic nitrogens is 2. The lowest BCUT2D eigenvalue weighted by Crippen LogP contribution is -2.45. The lowest BCUT2D eigenvalue weighted by Gasteiger charge is -2.30. The van der Waals surface area contributed by atoms with E-state index in [9.17, 15) is 13.2 Å². The predicted octanol–water partition coefficient (Wildman–Crippen LogP) is 1.68. The van der Waals surface area contributed by atoms with Crippen molar-refractivity contribution < 1.29 is 17.9 Å². The Hall–Kier alpha value is -2.19. The van der Waals surface area contributed by atoms with Crippen LogP contribution in [0.5, 0.6) is 0 Å². The Kier molecular flexibility index (Phi) is 5.01. The van der Waals surface area contributed by atoms with Crippen LogP contribution in [-0.4, -0.2) is 65.8 Å². The van der Waals surface area contributed by atoms with E-state index in [1.165, 1.54) is 0 Å². The highest BCUT2D eigenvalue weighted by Crippen LogP contribution is 2.23. The number of rotatable bonds is 5. The summed E-state index contributed by atoms with van der Waals surface area (Å²) in [5.41, 5.74) is 1.42. The normalized spacial score (nSPS) is 24.1. The lowest BCUT2D eigenvalue weighted by molar-refractivity contribution is 0.0441. The summed E-state index contributed by atoms with van der Waals surface area (Å²) in [7, 11) is -3.07.